The summed E-state index contributed by atoms with van der Waals surface area (Å²) in [6.07, 6.45) is -5.55. The highest BCUT2D eigenvalue weighted by molar-refractivity contribution is 7.22. The lowest BCUT2D eigenvalue weighted by molar-refractivity contribution is -0.137. The van der Waals surface area contributed by atoms with E-state index in [2.05, 4.69) is 21.5 Å². The molecule has 232 valence electrons. The van der Waals surface area contributed by atoms with E-state index in [1.807, 2.05) is 0 Å². The van der Waals surface area contributed by atoms with Crippen molar-refractivity contribution in [2.75, 3.05) is 39.0 Å². The van der Waals surface area contributed by atoms with Gasteiger partial charge in [-0.15, -0.1) is 0 Å². The van der Waals surface area contributed by atoms with Gasteiger partial charge in [0.2, 0.25) is 11.8 Å². The Labute approximate surface area is 249 Å². The number of likely N-dealkylation sites (tertiary alicyclic amines) is 2. The average Bonchev–Trinajstić information content (AvgIpc) is 3.49. The van der Waals surface area contributed by atoms with E-state index in [0.29, 0.717) is 17.4 Å². The zero-order valence-electron chi connectivity index (χ0n) is 23.0. The van der Waals surface area contributed by atoms with Crippen molar-refractivity contribution in [3.05, 3.63) is 48.1 Å². The summed E-state index contributed by atoms with van der Waals surface area (Å²) in [5.41, 5.74) is 2.25. The van der Waals surface area contributed by atoms with Crippen LogP contribution in [0.4, 0.5) is 31.5 Å². The van der Waals surface area contributed by atoms with Gasteiger partial charge in [-0.25, -0.2) is 18.2 Å². The molecule has 0 spiro atoms. The summed E-state index contributed by atoms with van der Waals surface area (Å²) in [6, 6.07) is 1.80. The molecule has 1 amide bonds. The van der Waals surface area contributed by atoms with E-state index >= 15 is 4.39 Å². The Morgan fingerprint density at radius 1 is 1.18 bits per heavy atom. The third-order valence-corrected chi connectivity index (χ3v) is 8.51. The van der Waals surface area contributed by atoms with Crippen LogP contribution >= 0.6 is 11.3 Å². The predicted octanol–water partition coefficient (Wildman–Crippen LogP) is 4.98. The van der Waals surface area contributed by atoms with Crippen molar-refractivity contribution in [3.8, 4) is 23.0 Å². The van der Waals surface area contributed by atoms with Crippen molar-refractivity contribution in [1.29, 1.82) is 0 Å². The number of hydrogen-bond donors (Lipinski definition) is 1. The van der Waals surface area contributed by atoms with Gasteiger partial charge in [-0.3, -0.25) is 9.69 Å². The third-order valence-electron chi connectivity index (χ3n) is 7.62. The van der Waals surface area contributed by atoms with Crippen LogP contribution in [0.5, 0.6) is 11.9 Å². The molecule has 0 aliphatic carbocycles. The van der Waals surface area contributed by atoms with Gasteiger partial charge in [-0.05, 0) is 37.7 Å². The molecule has 0 saturated carbocycles. The molecule has 2 aromatic carbocycles. The first-order valence-electron chi connectivity index (χ1n) is 13.4. The standard InChI is InChI=1S/C28H24F6N6O3S/c1-3-19(41)40-9-14(10-40)43-25-16-7-17(28(32,33)34)20(15-4-5-18(30)24-23(15)36-26(35)44-24)21(31)22(16)37-27(38-25)42-11-13-6-12(29)8-39(13)2/h3-5,7,12-14H,1,6,8-11H2,2H3,(H2,35,36). The van der Waals surface area contributed by atoms with Crippen molar-refractivity contribution < 1.29 is 40.6 Å². The number of ether oxygens (including phenoxy) is 2. The largest absolute Gasteiger partial charge is 0.470 e. The number of nitrogens with two attached hydrogens (primary N) is 1. The highest BCUT2D eigenvalue weighted by Gasteiger charge is 2.39. The molecule has 0 radical (unpaired) electrons. The summed E-state index contributed by atoms with van der Waals surface area (Å²) in [6.45, 7) is 3.69. The Morgan fingerprint density at radius 3 is 2.59 bits per heavy atom. The van der Waals surface area contributed by atoms with E-state index in [1.165, 1.54) is 4.90 Å². The first-order chi connectivity index (χ1) is 20.8. The van der Waals surface area contributed by atoms with Crippen molar-refractivity contribution in [1.82, 2.24) is 24.8 Å². The van der Waals surface area contributed by atoms with E-state index in [9.17, 15) is 26.7 Å². The molecule has 0 bridgehead atoms. The number of benzene rings is 2. The molecule has 2 unspecified atom stereocenters. The summed E-state index contributed by atoms with van der Waals surface area (Å²) >= 11 is 0.711. The Hall–Kier alpha value is -4.18. The monoisotopic (exact) mass is 638 g/mol. The number of halogens is 6. The number of alkyl halides is 4. The molecule has 4 heterocycles. The maximum Gasteiger partial charge on any atom is 0.417 e. The Balaban J connectivity index is 1.50. The molecule has 16 heteroatoms. The van der Waals surface area contributed by atoms with Gasteiger partial charge in [0.05, 0.1) is 34.3 Å². The number of amides is 1. The van der Waals surface area contributed by atoms with Gasteiger partial charge >= 0.3 is 12.2 Å². The summed E-state index contributed by atoms with van der Waals surface area (Å²) in [7, 11) is 1.70. The molecule has 2 N–H and O–H groups in total. The van der Waals surface area contributed by atoms with Crippen molar-refractivity contribution in [2.24, 2.45) is 0 Å². The van der Waals surface area contributed by atoms with E-state index in [-0.39, 0.29) is 65.5 Å². The van der Waals surface area contributed by atoms with Crippen molar-refractivity contribution >= 4 is 43.5 Å². The van der Waals surface area contributed by atoms with Crippen molar-refractivity contribution in [3.63, 3.8) is 0 Å². The van der Waals surface area contributed by atoms with Gasteiger partial charge in [0.25, 0.3) is 0 Å². The lowest BCUT2D eigenvalue weighted by Gasteiger charge is -2.38. The van der Waals surface area contributed by atoms with Gasteiger partial charge < -0.3 is 20.1 Å². The van der Waals surface area contributed by atoms with Gasteiger partial charge in [0, 0.05) is 23.7 Å². The highest BCUT2D eigenvalue weighted by atomic mass is 32.1. The van der Waals surface area contributed by atoms with Crippen LogP contribution in [-0.2, 0) is 11.0 Å². The molecule has 2 aromatic heterocycles. The summed E-state index contributed by atoms with van der Waals surface area (Å²) in [5, 5.41) is -0.524. The number of thiazole rings is 1. The Morgan fingerprint density at radius 2 is 1.93 bits per heavy atom. The molecule has 2 saturated heterocycles. The van der Waals surface area contributed by atoms with Gasteiger partial charge in [-0.1, -0.05) is 17.9 Å². The number of nitrogens with zero attached hydrogens (tertiary/aromatic N) is 5. The number of carbonyl (C=O) groups is 1. The highest BCUT2D eigenvalue weighted by Crippen LogP contribution is 2.46. The molecular weight excluding hydrogens is 614 g/mol. The first kappa shape index (κ1) is 29.9. The number of nitrogen functional groups attached to an aromatic ring is 1. The zero-order valence-corrected chi connectivity index (χ0v) is 23.8. The Kier molecular flexibility index (Phi) is 7.52. The van der Waals surface area contributed by atoms with E-state index in [4.69, 9.17) is 15.2 Å². The minimum absolute atomic E-state index is 0.0846. The molecule has 44 heavy (non-hydrogen) atoms. The maximum absolute atomic E-state index is 16.5. The van der Waals surface area contributed by atoms with Crippen LogP contribution in [-0.4, -0.2) is 82.3 Å². The van der Waals surface area contributed by atoms with Crippen LogP contribution < -0.4 is 15.2 Å². The fourth-order valence-electron chi connectivity index (χ4n) is 5.37. The van der Waals surface area contributed by atoms with Gasteiger partial charge in [0.15, 0.2) is 10.9 Å². The van der Waals surface area contributed by atoms with Crippen LogP contribution in [0.3, 0.4) is 0 Å². The van der Waals surface area contributed by atoms with E-state index in [1.54, 1.807) is 11.9 Å². The van der Waals surface area contributed by atoms with E-state index < -0.39 is 64.0 Å². The number of aromatic nitrogens is 3. The minimum Gasteiger partial charge on any atom is -0.470 e. The lowest BCUT2D eigenvalue weighted by Crippen LogP contribution is -2.55. The minimum atomic E-state index is -5.08. The molecule has 9 nitrogen and oxygen atoms in total. The summed E-state index contributed by atoms with van der Waals surface area (Å²) in [4.78, 5) is 27.2. The molecule has 4 aromatic rings. The number of carbonyl (C=O) groups excluding carboxylic acids is 1. The predicted molar refractivity (Wildman–Crippen MR) is 150 cm³/mol. The normalized spacial score (nSPS) is 19.5. The third kappa shape index (κ3) is 5.36. The SMILES string of the molecule is C=CC(=O)N1CC(Oc2nc(OCC3CC(F)CN3C)nc3c(F)c(-c4ccc(F)c5sc(N)nc45)c(C(F)(F)F)cc23)C1. The second-order valence-electron chi connectivity index (χ2n) is 10.6. The number of rotatable bonds is 7. The second kappa shape index (κ2) is 11.1. The van der Waals surface area contributed by atoms with Crippen LogP contribution in [0.1, 0.15) is 12.0 Å². The van der Waals surface area contributed by atoms with Crippen LogP contribution in [0.2, 0.25) is 0 Å². The first-order valence-corrected chi connectivity index (χ1v) is 14.2. The Bertz CT molecular complexity index is 1790. The molecule has 2 aliphatic heterocycles. The molecule has 6 rings (SSSR count). The summed E-state index contributed by atoms with van der Waals surface area (Å²) in [5.74, 6) is -2.94. The van der Waals surface area contributed by atoms with Crippen LogP contribution in [0, 0.1) is 11.6 Å². The maximum atomic E-state index is 16.5. The number of fused-ring (bicyclic) bond motifs is 2. The fraction of sp³-hybridized carbons (Fsp3) is 0.357. The fourth-order valence-corrected chi connectivity index (χ4v) is 6.14. The number of anilines is 1. The van der Waals surface area contributed by atoms with Gasteiger partial charge in [-0.2, -0.15) is 23.1 Å². The molecule has 2 atom stereocenters. The summed E-state index contributed by atoms with van der Waals surface area (Å²) < 4.78 is 99.9. The smallest absolute Gasteiger partial charge is 0.417 e. The second-order valence-corrected chi connectivity index (χ2v) is 11.6. The van der Waals surface area contributed by atoms with Gasteiger partial charge in [0.1, 0.15) is 30.2 Å². The number of hydrogen-bond acceptors (Lipinski definition) is 9. The van der Waals surface area contributed by atoms with Crippen LogP contribution in [0.15, 0.2) is 30.9 Å². The molecule has 2 fully saturated rings. The van der Waals surface area contributed by atoms with E-state index in [0.717, 1.165) is 18.2 Å². The molecular formula is C28H24F6N6O3S. The zero-order chi connectivity index (χ0) is 31.5. The molecule has 2 aliphatic rings. The topological polar surface area (TPSA) is 107 Å². The van der Waals surface area contributed by atoms with Crippen LogP contribution in [0.25, 0.3) is 32.2 Å². The number of likely N-dealkylation sites (N-methyl/N-ethyl adjacent to an activating group) is 1. The average molecular weight is 639 g/mol. The quantitative estimate of drug-likeness (QED) is 0.223. The lowest BCUT2D eigenvalue weighted by atomic mass is 9.95. The van der Waals surface area contributed by atoms with Crippen molar-refractivity contribution in [2.45, 2.75) is 30.9 Å².